The van der Waals surface area contributed by atoms with Crippen LogP contribution in [0.1, 0.15) is 20.3 Å². The molecule has 0 fully saturated rings. The van der Waals surface area contributed by atoms with Crippen molar-refractivity contribution >= 4 is 11.9 Å². The Hall–Kier alpha value is -1.14. The van der Waals surface area contributed by atoms with Crippen molar-refractivity contribution in [2.75, 3.05) is 0 Å². The molecule has 14 heavy (non-hydrogen) atoms. The van der Waals surface area contributed by atoms with Gasteiger partial charge in [0.05, 0.1) is 0 Å². The van der Waals surface area contributed by atoms with Gasteiger partial charge < -0.3 is 15.5 Å². The number of carboxylic acids is 1. The highest BCUT2D eigenvalue weighted by molar-refractivity contribution is 5.85. The van der Waals surface area contributed by atoms with Crippen LogP contribution in [0.3, 0.4) is 0 Å². The zero-order valence-corrected chi connectivity index (χ0v) is 8.23. The monoisotopic (exact) mass is 204 g/mol. The number of carboxylic acid groups (broad SMARTS) is 1. The molecule has 0 rings (SSSR count). The molecule has 6 heteroatoms. The molecule has 0 aliphatic rings. The molecule has 6 nitrogen and oxygen atoms in total. The topological polar surface area (TPSA) is 113 Å². The van der Waals surface area contributed by atoms with Gasteiger partial charge in [-0.3, -0.25) is 10.5 Å². The number of amides is 1. The van der Waals surface area contributed by atoms with Gasteiger partial charge in [0, 0.05) is 0 Å². The van der Waals surface area contributed by atoms with Crippen molar-refractivity contribution in [1.82, 2.24) is 5.32 Å². The molecule has 0 unspecified atom stereocenters. The number of aliphatic hydroxyl groups excluding tert-OH is 1. The average Bonchev–Trinajstić information content (AvgIpc) is 2.01. The maximum atomic E-state index is 10.9. The molecule has 0 aromatic heterocycles. The lowest BCUT2D eigenvalue weighted by Crippen LogP contribution is -2.48. The van der Waals surface area contributed by atoms with Crippen molar-refractivity contribution in [2.45, 2.75) is 32.5 Å². The van der Waals surface area contributed by atoms with Crippen molar-refractivity contribution in [3.8, 4) is 0 Å². The predicted molar refractivity (Wildman–Crippen MR) is 49.2 cm³/mol. The van der Waals surface area contributed by atoms with E-state index >= 15 is 0 Å². The molecule has 0 saturated heterocycles. The zero-order valence-electron chi connectivity index (χ0n) is 8.23. The smallest absolute Gasteiger partial charge is 0.326 e. The fraction of sp³-hybridized carbons (Fsp3) is 0.750. The van der Waals surface area contributed by atoms with Gasteiger partial charge in [-0.15, -0.1) is 0 Å². The van der Waals surface area contributed by atoms with Gasteiger partial charge in [0.15, 0.2) is 6.23 Å². The quantitative estimate of drug-likeness (QED) is 0.424. The first-order valence-electron chi connectivity index (χ1n) is 4.31. The third-order valence-electron chi connectivity index (χ3n) is 1.59. The van der Waals surface area contributed by atoms with Crippen molar-refractivity contribution in [2.24, 2.45) is 11.7 Å². The predicted octanol–water partition coefficient (Wildman–Crippen LogP) is -1.12. The highest BCUT2D eigenvalue weighted by atomic mass is 16.4. The number of carbonyl (C=O) groups excluding carboxylic acids is 1. The number of nitrogens with two attached hydrogens (primary N) is 1. The summed E-state index contributed by atoms with van der Waals surface area (Å²) in [7, 11) is 0. The zero-order chi connectivity index (χ0) is 11.3. The van der Waals surface area contributed by atoms with Gasteiger partial charge in [-0.05, 0) is 12.3 Å². The number of rotatable bonds is 5. The van der Waals surface area contributed by atoms with E-state index < -0.39 is 24.1 Å². The van der Waals surface area contributed by atoms with Crippen LogP contribution < -0.4 is 11.1 Å². The summed E-state index contributed by atoms with van der Waals surface area (Å²) in [5.41, 5.74) is 4.87. The highest BCUT2D eigenvalue weighted by Crippen LogP contribution is 2.04. The van der Waals surface area contributed by atoms with Gasteiger partial charge in [-0.25, -0.2) is 4.79 Å². The minimum Gasteiger partial charge on any atom is -0.480 e. The van der Waals surface area contributed by atoms with Gasteiger partial charge in [0.1, 0.15) is 6.04 Å². The first-order valence-corrected chi connectivity index (χ1v) is 4.31. The van der Waals surface area contributed by atoms with Gasteiger partial charge in [0.2, 0.25) is 0 Å². The van der Waals surface area contributed by atoms with Gasteiger partial charge in [-0.1, -0.05) is 13.8 Å². The molecule has 5 N–H and O–H groups in total. The lowest BCUT2D eigenvalue weighted by Gasteiger charge is -2.17. The molecule has 0 saturated carbocycles. The Labute approximate surface area is 82.1 Å². The Morgan fingerprint density at radius 2 is 1.93 bits per heavy atom. The van der Waals surface area contributed by atoms with Crippen LogP contribution in [0.15, 0.2) is 0 Å². The van der Waals surface area contributed by atoms with Crippen LogP contribution in [0.4, 0.5) is 0 Å². The van der Waals surface area contributed by atoms with Crippen LogP contribution in [-0.2, 0) is 9.59 Å². The van der Waals surface area contributed by atoms with E-state index in [1.54, 1.807) is 0 Å². The number of aliphatic hydroxyl groups is 1. The number of aliphatic carboxylic acids is 1. The van der Waals surface area contributed by atoms with E-state index in [1.807, 2.05) is 13.8 Å². The normalized spacial score (nSPS) is 14.9. The molecule has 0 heterocycles. The molecular formula is C8H16N2O4. The van der Waals surface area contributed by atoms with E-state index in [2.05, 4.69) is 5.32 Å². The summed E-state index contributed by atoms with van der Waals surface area (Å²) in [5.74, 6) is -1.88. The average molecular weight is 204 g/mol. The minimum absolute atomic E-state index is 0.131. The Morgan fingerprint density at radius 1 is 1.43 bits per heavy atom. The largest absolute Gasteiger partial charge is 0.480 e. The minimum atomic E-state index is -1.68. The SMILES string of the molecule is CC(C)C[C@H](NC(=O)[C@@H](N)O)C(=O)O. The molecular weight excluding hydrogens is 188 g/mol. The molecule has 0 aromatic carbocycles. The van der Waals surface area contributed by atoms with E-state index in [0.717, 1.165) is 0 Å². The number of hydrogen-bond donors (Lipinski definition) is 4. The van der Waals surface area contributed by atoms with Crippen molar-refractivity contribution in [3.63, 3.8) is 0 Å². The second-order valence-corrected chi connectivity index (χ2v) is 3.47. The van der Waals surface area contributed by atoms with Crippen LogP contribution in [-0.4, -0.2) is 34.4 Å². The fourth-order valence-corrected chi connectivity index (χ4v) is 0.950. The number of hydrogen-bond acceptors (Lipinski definition) is 4. The summed E-state index contributed by atoms with van der Waals surface area (Å²) >= 11 is 0. The lowest BCUT2D eigenvalue weighted by molar-refractivity contribution is -0.143. The Morgan fingerprint density at radius 3 is 2.21 bits per heavy atom. The maximum absolute atomic E-state index is 10.9. The van der Waals surface area contributed by atoms with Crippen LogP contribution in [0.2, 0.25) is 0 Å². The van der Waals surface area contributed by atoms with E-state index in [-0.39, 0.29) is 5.92 Å². The second-order valence-electron chi connectivity index (χ2n) is 3.47. The maximum Gasteiger partial charge on any atom is 0.326 e. The summed E-state index contributed by atoms with van der Waals surface area (Å²) in [5, 5.41) is 19.5. The van der Waals surface area contributed by atoms with E-state index in [9.17, 15) is 9.59 Å². The van der Waals surface area contributed by atoms with E-state index in [4.69, 9.17) is 15.9 Å². The van der Waals surface area contributed by atoms with Crippen molar-refractivity contribution < 1.29 is 19.8 Å². The first-order chi connectivity index (χ1) is 6.34. The second kappa shape index (κ2) is 5.56. The van der Waals surface area contributed by atoms with Crippen molar-refractivity contribution in [1.29, 1.82) is 0 Å². The standard InChI is InChI=1S/C8H16N2O4/c1-4(2)3-5(8(13)14)10-7(12)6(9)11/h4-6,11H,3,9H2,1-2H3,(H,10,12)(H,13,14)/t5-,6-/m0/s1. The third-order valence-corrected chi connectivity index (χ3v) is 1.59. The van der Waals surface area contributed by atoms with Crippen LogP contribution in [0.5, 0.6) is 0 Å². The Kier molecular flexibility index (Phi) is 5.11. The Balaban J connectivity index is 4.23. The molecule has 0 aliphatic heterocycles. The summed E-state index contributed by atoms with van der Waals surface area (Å²) in [4.78, 5) is 21.5. The molecule has 1 amide bonds. The van der Waals surface area contributed by atoms with Gasteiger partial charge in [-0.2, -0.15) is 0 Å². The molecule has 0 aromatic rings. The summed E-state index contributed by atoms with van der Waals surface area (Å²) < 4.78 is 0. The molecule has 0 radical (unpaired) electrons. The molecule has 82 valence electrons. The van der Waals surface area contributed by atoms with Gasteiger partial charge >= 0.3 is 5.97 Å². The highest BCUT2D eigenvalue weighted by Gasteiger charge is 2.22. The van der Waals surface area contributed by atoms with E-state index in [0.29, 0.717) is 6.42 Å². The Bertz CT molecular complexity index is 215. The molecule has 0 aliphatic carbocycles. The summed E-state index contributed by atoms with van der Waals surface area (Å²) in [6, 6.07) is -0.999. The summed E-state index contributed by atoms with van der Waals surface area (Å²) in [6.07, 6.45) is -1.38. The van der Waals surface area contributed by atoms with Crippen molar-refractivity contribution in [3.05, 3.63) is 0 Å². The third kappa shape index (κ3) is 4.78. The fourth-order valence-electron chi connectivity index (χ4n) is 0.950. The van der Waals surface area contributed by atoms with Crippen LogP contribution in [0.25, 0.3) is 0 Å². The van der Waals surface area contributed by atoms with E-state index in [1.165, 1.54) is 0 Å². The molecule has 0 bridgehead atoms. The number of nitrogens with one attached hydrogen (secondary N) is 1. The molecule has 2 atom stereocenters. The number of carbonyl (C=O) groups is 2. The van der Waals surface area contributed by atoms with Crippen LogP contribution >= 0.6 is 0 Å². The first kappa shape index (κ1) is 12.9. The van der Waals surface area contributed by atoms with Crippen LogP contribution in [0, 0.1) is 5.92 Å². The summed E-state index contributed by atoms with van der Waals surface area (Å²) in [6.45, 7) is 3.67. The van der Waals surface area contributed by atoms with Gasteiger partial charge in [0.25, 0.3) is 5.91 Å². The molecule has 0 spiro atoms. The lowest BCUT2D eigenvalue weighted by atomic mass is 10.0.